The van der Waals surface area contributed by atoms with Crippen LogP contribution in [0.5, 0.6) is 5.75 Å². The zero-order valence-corrected chi connectivity index (χ0v) is 11.6. The van der Waals surface area contributed by atoms with Crippen LogP contribution in [0.1, 0.15) is 12.0 Å². The van der Waals surface area contributed by atoms with Crippen molar-refractivity contribution < 1.29 is 19.0 Å². The van der Waals surface area contributed by atoms with E-state index in [0.717, 1.165) is 5.56 Å². The number of benzene rings is 1. The van der Waals surface area contributed by atoms with Gasteiger partial charge in [0.15, 0.2) is 0 Å². The highest BCUT2D eigenvalue weighted by Crippen LogP contribution is 2.21. The van der Waals surface area contributed by atoms with Crippen LogP contribution in [0, 0.1) is 0 Å². The molecule has 1 aromatic heterocycles. The molecule has 1 aromatic carbocycles. The molecule has 0 spiro atoms. The van der Waals surface area contributed by atoms with E-state index in [0.29, 0.717) is 17.1 Å². The van der Waals surface area contributed by atoms with Crippen LogP contribution in [0.25, 0.3) is 11.3 Å². The van der Waals surface area contributed by atoms with Gasteiger partial charge < -0.3 is 19.9 Å². The molecule has 1 amide bonds. The van der Waals surface area contributed by atoms with Gasteiger partial charge >= 0.3 is 6.09 Å². The Morgan fingerprint density at radius 3 is 2.24 bits per heavy atom. The molecule has 0 aliphatic rings. The van der Waals surface area contributed by atoms with Crippen LogP contribution >= 0.6 is 0 Å². The van der Waals surface area contributed by atoms with E-state index in [1.807, 2.05) is 0 Å². The van der Waals surface area contributed by atoms with Gasteiger partial charge in [-0.25, -0.2) is 4.79 Å². The highest BCUT2D eigenvalue weighted by atomic mass is 16.7. The third kappa shape index (κ3) is 3.74. The molecule has 110 valence electrons. The molecule has 0 bridgehead atoms. The van der Waals surface area contributed by atoms with Crippen LogP contribution in [0.4, 0.5) is 4.79 Å². The van der Waals surface area contributed by atoms with E-state index in [2.05, 4.69) is 9.97 Å². The Morgan fingerprint density at radius 2 is 1.76 bits per heavy atom. The SMILES string of the molecule is COC(OC)c1cnc(-c2ccc(OC(N)=O)cc2)cn1. The van der Waals surface area contributed by atoms with Gasteiger partial charge in [0.1, 0.15) is 11.4 Å². The Morgan fingerprint density at radius 1 is 1.10 bits per heavy atom. The number of aromatic nitrogens is 2. The Balaban J connectivity index is 2.16. The number of rotatable bonds is 5. The summed E-state index contributed by atoms with van der Waals surface area (Å²) in [6.07, 6.45) is 1.81. The first-order chi connectivity index (χ1) is 10.1. The third-order valence-corrected chi connectivity index (χ3v) is 2.71. The number of nitrogens with zero attached hydrogens (tertiary/aromatic N) is 2. The highest BCUT2D eigenvalue weighted by molar-refractivity contribution is 5.68. The van der Waals surface area contributed by atoms with Crippen molar-refractivity contribution in [2.75, 3.05) is 14.2 Å². The summed E-state index contributed by atoms with van der Waals surface area (Å²) < 4.78 is 15.0. The monoisotopic (exact) mass is 289 g/mol. The van der Waals surface area contributed by atoms with Crippen molar-refractivity contribution in [1.82, 2.24) is 9.97 Å². The first-order valence-corrected chi connectivity index (χ1v) is 6.09. The topological polar surface area (TPSA) is 96.6 Å². The number of amides is 1. The van der Waals surface area contributed by atoms with Gasteiger partial charge in [-0.05, 0) is 24.3 Å². The zero-order valence-electron chi connectivity index (χ0n) is 11.6. The van der Waals surface area contributed by atoms with Gasteiger partial charge in [0.25, 0.3) is 0 Å². The molecule has 2 aromatic rings. The first kappa shape index (κ1) is 14.9. The average molecular weight is 289 g/mol. The van der Waals surface area contributed by atoms with E-state index in [1.165, 1.54) is 14.2 Å². The van der Waals surface area contributed by atoms with Crippen molar-refractivity contribution >= 4 is 6.09 Å². The van der Waals surface area contributed by atoms with Gasteiger partial charge in [0.2, 0.25) is 6.29 Å². The Kier molecular flexibility index (Phi) is 4.81. The third-order valence-electron chi connectivity index (χ3n) is 2.71. The first-order valence-electron chi connectivity index (χ1n) is 6.09. The Bertz CT molecular complexity index is 595. The second-order valence-electron chi connectivity index (χ2n) is 4.08. The van der Waals surface area contributed by atoms with Crippen molar-refractivity contribution in [3.63, 3.8) is 0 Å². The van der Waals surface area contributed by atoms with Crippen LogP contribution in [0.2, 0.25) is 0 Å². The maximum Gasteiger partial charge on any atom is 0.409 e. The minimum absolute atomic E-state index is 0.370. The molecule has 0 unspecified atom stereocenters. The molecule has 0 fully saturated rings. The summed E-state index contributed by atoms with van der Waals surface area (Å²) >= 11 is 0. The molecule has 2 N–H and O–H groups in total. The quantitative estimate of drug-likeness (QED) is 0.844. The minimum Gasteiger partial charge on any atom is -0.411 e. The smallest absolute Gasteiger partial charge is 0.409 e. The van der Waals surface area contributed by atoms with E-state index in [1.54, 1.807) is 36.7 Å². The highest BCUT2D eigenvalue weighted by Gasteiger charge is 2.11. The lowest BCUT2D eigenvalue weighted by molar-refractivity contribution is -0.108. The normalized spacial score (nSPS) is 10.6. The fourth-order valence-electron chi connectivity index (χ4n) is 1.76. The molecule has 7 nitrogen and oxygen atoms in total. The molecule has 7 heteroatoms. The van der Waals surface area contributed by atoms with Gasteiger partial charge in [-0.3, -0.25) is 9.97 Å². The summed E-state index contributed by atoms with van der Waals surface area (Å²) in [5.74, 6) is 0.370. The molecule has 0 atom stereocenters. The molecule has 0 radical (unpaired) electrons. The maximum absolute atomic E-state index is 10.6. The van der Waals surface area contributed by atoms with Crippen molar-refractivity contribution in [2.24, 2.45) is 5.73 Å². The zero-order chi connectivity index (χ0) is 15.2. The van der Waals surface area contributed by atoms with E-state index in [4.69, 9.17) is 19.9 Å². The fourth-order valence-corrected chi connectivity index (χ4v) is 1.76. The molecule has 0 saturated carbocycles. The second-order valence-corrected chi connectivity index (χ2v) is 4.08. The summed E-state index contributed by atoms with van der Waals surface area (Å²) in [7, 11) is 3.06. The molecule has 2 rings (SSSR count). The van der Waals surface area contributed by atoms with Crippen LogP contribution in [-0.2, 0) is 9.47 Å². The number of primary amides is 1. The lowest BCUT2D eigenvalue weighted by Gasteiger charge is -2.12. The minimum atomic E-state index is -0.850. The predicted octanol–water partition coefficient (Wildman–Crippen LogP) is 1.89. The number of carbonyl (C=O) groups is 1. The second kappa shape index (κ2) is 6.78. The lowest BCUT2D eigenvalue weighted by atomic mass is 10.1. The largest absolute Gasteiger partial charge is 0.411 e. The van der Waals surface area contributed by atoms with Gasteiger partial charge in [-0.2, -0.15) is 0 Å². The maximum atomic E-state index is 10.6. The number of hydrogen-bond donors (Lipinski definition) is 1. The molecule has 0 aliphatic heterocycles. The Labute approximate surface area is 121 Å². The summed E-state index contributed by atoms with van der Waals surface area (Å²) in [4.78, 5) is 19.2. The number of hydrogen-bond acceptors (Lipinski definition) is 6. The van der Waals surface area contributed by atoms with Crippen molar-refractivity contribution in [3.05, 3.63) is 42.4 Å². The molecular weight excluding hydrogens is 274 g/mol. The van der Waals surface area contributed by atoms with E-state index >= 15 is 0 Å². The van der Waals surface area contributed by atoms with E-state index in [-0.39, 0.29) is 0 Å². The number of ether oxygens (including phenoxy) is 3. The van der Waals surface area contributed by atoms with Gasteiger partial charge in [-0.15, -0.1) is 0 Å². The summed E-state index contributed by atoms with van der Waals surface area (Å²) in [5, 5.41) is 0. The standard InChI is InChI=1S/C14H15N3O4/c1-19-13(20-2)12-8-16-11(7-17-12)9-3-5-10(6-4-9)21-14(15)18/h3-8,13H,1-2H3,(H2,15,18). The number of carbonyl (C=O) groups excluding carboxylic acids is 1. The van der Waals surface area contributed by atoms with Crippen LogP contribution in [0.3, 0.4) is 0 Å². The predicted molar refractivity (Wildman–Crippen MR) is 74.4 cm³/mol. The number of nitrogens with two attached hydrogens (primary N) is 1. The average Bonchev–Trinajstić information content (AvgIpc) is 2.49. The molecule has 0 aliphatic carbocycles. The summed E-state index contributed by atoms with van der Waals surface area (Å²) in [6, 6.07) is 6.77. The molecule has 21 heavy (non-hydrogen) atoms. The van der Waals surface area contributed by atoms with Crippen LogP contribution < -0.4 is 10.5 Å². The summed E-state index contributed by atoms with van der Waals surface area (Å²) in [6.45, 7) is 0. The van der Waals surface area contributed by atoms with Crippen LogP contribution in [0.15, 0.2) is 36.7 Å². The van der Waals surface area contributed by atoms with E-state index in [9.17, 15) is 4.79 Å². The van der Waals surface area contributed by atoms with Gasteiger partial charge in [-0.1, -0.05) is 0 Å². The lowest BCUT2D eigenvalue weighted by Crippen LogP contribution is -2.16. The van der Waals surface area contributed by atoms with Crippen LogP contribution in [-0.4, -0.2) is 30.3 Å². The van der Waals surface area contributed by atoms with Crippen molar-refractivity contribution in [2.45, 2.75) is 6.29 Å². The fraction of sp³-hybridized carbons (Fsp3) is 0.214. The summed E-state index contributed by atoms with van der Waals surface area (Å²) in [5.41, 5.74) is 7.03. The molecule has 0 saturated heterocycles. The van der Waals surface area contributed by atoms with Gasteiger partial charge in [0, 0.05) is 19.8 Å². The molecule has 1 heterocycles. The number of methoxy groups -OCH3 is 2. The molecular formula is C14H15N3O4. The van der Waals surface area contributed by atoms with Crippen molar-refractivity contribution in [3.8, 4) is 17.0 Å². The Hall–Kier alpha value is -2.51. The van der Waals surface area contributed by atoms with Crippen molar-refractivity contribution in [1.29, 1.82) is 0 Å². The van der Waals surface area contributed by atoms with Gasteiger partial charge in [0.05, 0.1) is 18.1 Å². The van der Waals surface area contributed by atoms with E-state index < -0.39 is 12.4 Å².